The average molecular weight is 459 g/mol. The van der Waals surface area contributed by atoms with Crippen molar-refractivity contribution < 1.29 is 8.42 Å². The van der Waals surface area contributed by atoms with Crippen molar-refractivity contribution in [3.63, 3.8) is 0 Å². The van der Waals surface area contributed by atoms with E-state index in [4.69, 9.17) is 23.2 Å². The highest BCUT2D eigenvalue weighted by molar-refractivity contribution is 7.89. The minimum atomic E-state index is -3.74. The van der Waals surface area contributed by atoms with Crippen molar-refractivity contribution in [1.82, 2.24) is 19.0 Å². The first kappa shape index (κ1) is 22.2. The smallest absolute Gasteiger partial charge is 0.267 e. The number of piperazine rings is 1. The lowest BCUT2D eigenvalue weighted by molar-refractivity contribution is 0.142. The van der Waals surface area contributed by atoms with Crippen molar-refractivity contribution in [2.75, 3.05) is 26.2 Å². The Bertz CT molecular complexity index is 1060. The molecule has 158 valence electrons. The van der Waals surface area contributed by atoms with Crippen molar-refractivity contribution in [1.29, 1.82) is 0 Å². The molecule has 2 heterocycles. The molecule has 0 aliphatic carbocycles. The lowest BCUT2D eigenvalue weighted by atomic mass is 9.92. The highest BCUT2D eigenvalue weighted by Gasteiger charge is 2.30. The van der Waals surface area contributed by atoms with Gasteiger partial charge in [0.1, 0.15) is 4.90 Å². The zero-order chi connectivity index (χ0) is 21.4. The van der Waals surface area contributed by atoms with Gasteiger partial charge in [-0.05, 0) is 24.3 Å². The van der Waals surface area contributed by atoms with Gasteiger partial charge in [-0.1, -0.05) is 44.0 Å². The van der Waals surface area contributed by atoms with Crippen LogP contribution in [0.2, 0.25) is 10.0 Å². The molecule has 1 aliphatic heterocycles. The Hall–Kier alpha value is -1.45. The Balaban J connectivity index is 1.71. The number of nitrogens with zero attached hydrogens (tertiary/aromatic N) is 4. The summed E-state index contributed by atoms with van der Waals surface area (Å²) < 4.78 is 28.7. The molecule has 0 amide bonds. The highest BCUT2D eigenvalue weighted by Crippen LogP contribution is 2.28. The third-order valence-electron chi connectivity index (χ3n) is 4.81. The van der Waals surface area contributed by atoms with E-state index in [1.54, 1.807) is 12.1 Å². The second-order valence-corrected chi connectivity index (χ2v) is 10.8. The predicted molar refractivity (Wildman–Crippen MR) is 114 cm³/mol. The topological polar surface area (TPSA) is 75.5 Å². The van der Waals surface area contributed by atoms with Crippen LogP contribution in [-0.4, -0.2) is 53.6 Å². The maximum absolute atomic E-state index is 12.9. The van der Waals surface area contributed by atoms with Crippen molar-refractivity contribution in [3.05, 3.63) is 56.4 Å². The summed E-state index contributed by atoms with van der Waals surface area (Å²) >= 11 is 12.0. The highest BCUT2D eigenvalue weighted by atomic mass is 35.5. The van der Waals surface area contributed by atoms with Crippen LogP contribution in [0, 0.1) is 0 Å². The van der Waals surface area contributed by atoms with Crippen molar-refractivity contribution in [3.8, 4) is 0 Å². The molecule has 29 heavy (non-hydrogen) atoms. The number of aromatic nitrogens is 2. The minimum absolute atomic E-state index is 0.0101. The number of hydrogen-bond acceptors (Lipinski definition) is 5. The van der Waals surface area contributed by atoms with Gasteiger partial charge in [0.25, 0.3) is 5.56 Å². The van der Waals surface area contributed by atoms with E-state index in [-0.39, 0.29) is 20.9 Å². The summed E-state index contributed by atoms with van der Waals surface area (Å²) in [5.74, 6) is 0. The summed E-state index contributed by atoms with van der Waals surface area (Å²) in [7, 11) is -3.74. The Morgan fingerprint density at radius 1 is 1.03 bits per heavy atom. The maximum atomic E-state index is 12.9. The molecule has 3 rings (SSSR count). The standard InChI is InChI=1S/C19H24Cl2N4O3S/c1-19(2,3)17-6-7-18(26)25(22-17)13-23-8-10-24(11-9-23)29(27,28)16-12-14(20)4-5-15(16)21/h4-7,12H,8-11,13H2,1-3H3. The van der Waals surface area contributed by atoms with Crippen LogP contribution >= 0.6 is 23.2 Å². The molecule has 1 saturated heterocycles. The van der Waals surface area contributed by atoms with Crippen LogP contribution in [0.15, 0.2) is 40.0 Å². The molecule has 0 atom stereocenters. The fourth-order valence-electron chi connectivity index (χ4n) is 3.06. The molecule has 10 heteroatoms. The second kappa shape index (κ2) is 8.35. The Labute approximate surface area is 180 Å². The van der Waals surface area contributed by atoms with Gasteiger partial charge in [-0.25, -0.2) is 13.1 Å². The molecule has 0 radical (unpaired) electrons. The Morgan fingerprint density at radius 3 is 2.31 bits per heavy atom. The Morgan fingerprint density at radius 2 is 1.69 bits per heavy atom. The third-order valence-corrected chi connectivity index (χ3v) is 7.43. The molecular formula is C19H24Cl2N4O3S. The summed E-state index contributed by atoms with van der Waals surface area (Å²) in [6, 6.07) is 7.67. The zero-order valence-electron chi connectivity index (χ0n) is 16.6. The molecule has 1 aromatic carbocycles. The maximum Gasteiger partial charge on any atom is 0.267 e. The molecular weight excluding hydrogens is 435 g/mol. The van der Waals surface area contributed by atoms with E-state index in [0.29, 0.717) is 37.9 Å². The van der Waals surface area contributed by atoms with Gasteiger partial charge in [-0.15, -0.1) is 0 Å². The van der Waals surface area contributed by atoms with Crippen LogP contribution in [0.1, 0.15) is 26.5 Å². The molecule has 0 saturated carbocycles. The quantitative estimate of drug-likeness (QED) is 0.703. The van der Waals surface area contributed by atoms with E-state index in [1.165, 1.54) is 27.2 Å². The van der Waals surface area contributed by atoms with Gasteiger partial charge >= 0.3 is 0 Å². The number of benzene rings is 1. The largest absolute Gasteiger partial charge is 0.282 e. The first-order valence-electron chi connectivity index (χ1n) is 9.25. The number of hydrogen-bond donors (Lipinski definition) is 0. The lowest BCUT2D eigenvalue weighted by Crippen LogP contribution is -2.50. The molecule has 1 fully saturated rings. The van der Waals surface area contributed by atoms with E-state index in [0.717, 1.165) is 5.69 Å². The summed E-state index contributed by atoms with van der Waals surface area (Å²) in [6.45, 7) is 7.96. The van der Waals surface area contributed by atoms with Crippen molar-refractivity contribution >= 4 is 33.2 Å². The van der Waals surface area contributed by atoms with Gasteiger partial charge in [0, 0.05) is 42.7 Å². The van der Waals surface area contributed by atoms with E-state index in [2.05, 4.69) is 5.10 Å². The third kappa shape index (κ3) is 5.00. The van der Waals surface area contributed by atoms with Crippen molar-refractivity contribution in [2.45, 2.75) is 37.8 Å². The predicted octanol–water partition coefficient (Wildman–Crippen LogP) is 2.81. The molecule has 0 unspecified atom stereocenters. The second-order valence-electron chi connectivity index (χ2n) is 8.04. The van der Waals surface area contributed by atoms with E-state index < -0.39 is 10.0 Å². The van der Waals surface area contributed by atoms with Crippen LogP contribution in [-0.2, 0) is 22.1 Å². The first-order chi connectivity index (χ1) is 13.5. The van der Waals surface area contributed by atoms with Crippen LogP contribution < -0.4 is 5.56 Å². The van der Waals surface area contributed by atoms with Crippen LogP contribution in [0.4, 0.5) is 0 Å². The summed E-state index contributed by atoms with van der Waals surface area (Å²) in [5, 5.41) is 4.93. The summed E-state index contributed by atoms with van der Waals surface area (Å²) in [4.78, 5) is 14.2. The monoisotopic (exact) mass is 458 g/mol. The first-order valence-corrected chi connectivity index (χ1v) is 11.4. The molecule has 0 N–H and O–H groups in total. The molecule has 1 aromatic heterocycles. The van der Waals surface area contributed by atoms with Gasteiger partial charge in [0.05, 0.1) is 17.4 Å². The molecule has 0 bridgehead atoms. The summed E-state index contributed by atoms with van der Waals surface area (Å²) in [6.07, 6.45) is 0. The van der Waals surface area contributed by atoms with Gasteiger partial charge < -0.3 is 0 Å². The average Bonchev–Trinajstić information content (AvgIpc) is 2.65. The summed E-state index contributed by atoms with van der Waals surface area (Å²) in [5.41, 5.74) is 0.478. The lowest BCUT2D eigenvalue weighted by Gasteiger charge is -2.34. The molecule has 0 spiro atoms. The molecule has 1 aliphatic rings. The van der Waals surface area contributed by atoms with E-state index in [1.807, 2.05) is 25.7 Å². The SMILES string of the molecule is CC(C)(C)c1ccc(=O)n(CN2CCN(S(=O)(=O)c3cc(Cl)ccc3Cl)CC2)n1. The fraction of sp³-hybridized carbons (Fsp3) is 0.474. The number of halogens is 2. The van der Waals surface area contributed by atoms with E-state index >= 15 is 0 Å². The zero-order valence-corrected chi connectivity index (χ0v) is 18.9. The normalized spacial score (nSPS) is 16.9. The Kier molecular flexibility index (Phi) is 6.41. The van der Waals surface area contributed by atoms with Gasteiger partial charge in [0.15, 0.2) is 0 Å². The number of rotatable bonds is 4. The van der Waals surface area contributed by atoms with Gasteiger partial charge in [-0.2, -0.15) is 9.40 Å². The molecule has 2 aromatic rings. The minimum Gasteiger partial charge on any atom is -0.282 e. The van der Waals surface area contributed by atoms with E-state index in [9.17, 15) is 13.2 Å². The van der Waals surface area contributed by atoms with Crippen LogP contribution in [0.25, 0.3) is 0 Å². The van der Waals surface area contributed by atoms with Gasteiger partial charge in [-0.3, -0.25) is 9.69 Å². The molecule has 7 nitrogen and oxygen atoms in total. The number of sulfonamides is 1. The van der Waals surface area contributed by atoms with Crippen LogP contribution in [0.5, 0.6) is 0 Å². The van der Waals surface area contributed by atoms with Crippen LogP contribution in [0.3, 0.4) is 0 Å². The van der Waals surface area contributed by atoms with Gasteiger partial charge in [0.2, 0.25) is 10.0 Å². The fourth-order valence-corrected chi connectivity index (χ4v) is 5.22. The van der Waals surface area contributed by atoms with Crippen molar-refractivity contribution in [2.24, 2.45) is 0 Å².